The van der Waals surface area contributed by atoms with Crippen LogP contribution in [0.2, 0.25) is 0 Å². The lowest BCUT2D eigenvalue weighted by atomic mass is 9.90. The van der Waals surface area contributed by atoms with Gasteiger partial charge in [-0.1, -0.05) is 30.3 Å². The van der Waals surface area contributed by atoms with Crippen molar-refractivity contribution in [3.05, 3.63) is 82.9 Å². The third kappa shape index (κ3) is 4.84. The van der Waals surface area contributed by atoms with Gasteiger partial charge in [0.05, 0.1) is 19.9 Å². The number of nitrogens with zero attached hydrogens (tertiary/aromatic N) is 4. The summed E-state index contributed by atoms with van der Waals surface area (Å²) in [7, 11) is 3.16. The lowest BCUT2D eigenvalue weighted by molar-refractivity contribution is -0.133. The Kier molecular flexibility index (Phi) is 6.75. The van der Waals surface area contributed by atoms with E-state index in [0.29, 0.717) is 28.6 Å². The Morgan fingerprint density at radius 1 is 0.972 bits per heavy atom. The number of hydrogen-bond donors (Lipinski definition) is 0. The minimum Gasteiger partial charge on any atom is -0.493 e. The number of benzene rings is 2. The molecule has 3 heterocycles. The van der Waals surface area contributed by atoms with Crippen LogP contribution in [-0.4, -0.2) is 52.3 Å². The van der Waals surface area contributed by atoms with Gasteiger partial charge < -0.3 is 18.9 Å². The van der Waals surface area contributed by atoms with Crippen LogP contribution in [0.25, 0.3) is 16.8 Å². The van der Waals surface area contributed by atoms with E-state index < -0.39 is 0 Å². The van der Waals surface area contributed by atoms with Crippen LogP contribution in [0.4, 0.5) is 0 Å². The maximum Gasteiger partial charge on any atom is 0.277 e. The molecule has 1 aliphatic rings. The quantitative estimate of drug-likeness (QED) is 0.398. The van der Waals surface area contributed by atoms with E-state index >= 15 is 0 Å². The van der Waals surface area contributed by atoms with Crippen molar-refractivity contribution in [2.75, 3.05) is 27.3 Å². The largest absolute Gasteiger partial charge is 0.493 e. The molecular weight excluding hydrogens is 456 g/mol. The minimum absolute atomic E-state index is 0.0234. The Hall–Kier alpha value is -4.07. The van der Waals surface area contributed by atoms with E-state index in [4.69, 9.17) is 9.47 Å². The summed E-state index contributed by atoms with van der Waals surface area (Å²) in [5, 5.41) is 4.54. The van der Waals surface area contributed by atoms with E-state index in [2.05, 4.69) is 29.4 Å². The van der Waals surface area contributed by atoms with Gasteiger partial charge in [0.2, 0.25) is 5.91 Å². The van der Waals surface area contributed by atoms with Gasteiger partial charge in [0.15, 0.2) is 11.5 Å². The van der Waals surface area contributed by atoms with Crippen molar-refractivity contribution in [1.82, 2.24) is 19.1 Å². The Bertz CT molecular complexity index is 1420. The second-order valence-corrected chi connectivity index (χ2v) is 9.17. The molecule has 1 fully saturated rings. The number of rotatable bonds is 7. The van der Waals surface area contributed by atoms with E-state index in [9.17, 15) is 9.59 Å². The molecule has 0 aliphatic carbocycles. The number of piperidine rings is 1. The molecule has 36 heavy (non-hydrogen) atoms. The fourth-order valence-electron chi connectivity index (χ4n) is 4.87. The van der Waals surface area contributed by atoms with Crippen LogP contribution in [0.15, 0.2) is 71.8 Å². The normalized spacial score (nSPS) is 14.2. The number of fused-ring (bicyclic) bond motifs is 1. The molecular formula is C28H30N4O4. The standard InChI is InChI=1S/C28H30N4O4/c1-35-25-9-8-22(17-26(25)36-2)23-18-24-28(34)31(14-15-32(24)29-23)19-27(33)30-12-10-21(11-13-30)16-20-6-4-3-5-7-20/h3-9,14-15,17-18,21H,10-13,16,19H2,1-2H3. The van der Waals surface area contributed by atoms with Crippen LogP contribution >= 0.6 is 0 Å². The molecule has 0 saturated carbocycles. The smallest absolute Gasteiger partial charge is 0.277 e. The number of carbonyl (C=O) groups excluding carboxylic acids is 1. The second kappa shape index (κ2) is 10.3. The molecule has 0 unspecified atom stereocenters. The summed E-state index contributed by atoms with van der Waals surface area (Å²) >= 11 is 0. The maximum atomic E-state index is 13.2. The first kappa shape index (κ1) is 23.7. The average molecular weight is 487 g/mol. The molecule has 8 nitrogen and oxygen atoms in total. The van der Waals surface area contributed by atoms with Gasteiger partial charge in [0.25, 0.3) is 5.56 Å². The molecule has 1 aliphatic heterocycles. The number of hydrogen-bond acceptors (Lipinski definition) is 5. The van der Waals surface area contributed by atoms with Gasteiger partial charge >= 0.3 is 0 Å². The van der Waals surface area contributed by atoms with Crippen molar-refractivity contribution in [2.24, 2.45) is 5.92 Å². The van der Waals surface area contributed by atoms with E-state index in [1.165, 1.54) is 10.1 Å². The number of methoxy groups -OCH3 is 2. The highest BCUT2D eigenvalue weighted by Crippen LogP contribution is 2.32. The minimum atomic E-state index is -0.246. The van der Waals surface area contributed by atoms with Crippen molar-refractivity contribution in [1.29, 1.82) is 0 Å². The summed E-state index contributed by atoms with van der Waals surface area (Å²) < 4.78 is 13.7. The molecule has 0 N–H and O–H groups in total. The fraction of sp³-hybridized carbons (Fsp3) is 0.321. The molecule has 1 amide bonds. The molecule has 2 aromatic carbocycles. The van der Waals surface area contributed by atoms with Gasteiger partial charge in [-0.05, 0) is 55.0 Å². The Balaban J connectivity index is 1.27. The van der Waals surface area contributed by atoms with Crippen LogP contribution in [0.3, 0.4) is 0 Å². The van der Waals surface area contributed by atoms with Crippen molar-refractivity contribution in [3.63, 3.8) is 0 Å². The third-order valence-corrected chi connectivity index (χ3v) is 6.92. The first-order valence-electron chi connectivity index (χ1n) is 12.2. The van der Waals surface area contributed by atoms with Gasteiger partial charge in [0.1, 0.15) is 12.1 Å². The predicted molar refractivity (Wildman–Crippen MR) is 137 cm³/mol. The molecule has 2 aromatic heterocycles. The Morgan fingerprint density at radius 2 is 1.72 bits per heavy atom. The first-order valence-corrected chi connectivity index (χ1v) is 12.2. The second-order valence-electron chi connectivity index (χ2n) is 9.17. The SMILES string of the molecule is COc1ccc(-c2cc3c(=O)n(CC(=O)N4CCC(Cc5ccccc5)CC4)ccn3n2)cc1OC. The molecule has 0 bridgehead atoms. The first-order chi connectivity index (χ1) is 17.6. The van der Waals surface area contributed by atoms with E-state index in [-0.39, 0.29) is 18.0 Å². The van der Waals surface area contributed by atoms with Gasteiger partial charge in [-0.15, -0.1) is 0 Å². The van der Waals surface area contributed by atoms with Crippen molar-refractivity contribution in [2.45, 2.75) is 25.8 Å². The van der Waals surface area contributed by atoms with Crippen LogP contribution in [-0.2, 0) is 17.8 Å². The summed E-state index contributed by atoms with van der Waals surface area (Å²) in [5.74, 6) is 1.76. The highest BCUT2D eigenvalue weighted by atomic mass is 16.5. The van der Waals surface area contributed by atoms with Crippen LogP contribution in [0.5, 0.6) is 11.5 Å². The Labute approximate surface area is 209 Å². The average Bonchev–Trinajstić information content (AvgIpc) is 3.36. The monoisotopic (exact) mass is 486 g/mol. The van der Waals surface area contributed by atoms with E-state index in [1.807, 2.05) is 23.1 Å². The van der Waals surface area contributed by atoms with Crippen LogP contribution in [0.1, 0.15) is 18.4 Å². The number of ether oxygens (including phenoxy) is 2. The van der Waals surface area contributed by atoms with E-state index in [0.717, 1.165) is 37.9 Å². The number of likely N-dealkylation sites (tertiary alicyclic amines) is 1. The molecule has 5 rings (SSSR count). The van der Waals surface area contributed by atoms with Gasteiger partial charge in [-0.3, -0.25) is 9.59 Å². The summed E-state index contributed by atoms with van der Waals surface area (Å²) in [6.07, 6.45) is 6.33. The molecule has 0 atom stereocenters. The van der Waals surface area contributed by atoms with Gasteiger partial charge in [0, 0.05) is 31.0 Å². The fourth-order valence-corrected chi connectivity index (χ4v) is 4.87. The number of aromatic nitrogens is 3. The predicted octanol–water partition coefficient (Wildman–Crippen LogP) is 3.66. The number of amides is 1. The van der Waals surface area contributed by atoms with Gasteiger partial charge in [-0.2, -0.15) is 5.10 Å². The summed E-state index contributed by atoms with van der Waals surface area (Å²) in [4.78, 5) is 28.0. The molecule has 186 valence electrons. The highest BCUT2D eigenvalue weighted by Gasteiger charge is 2.23. The lowest BCUT2D eigenvalue weighted by Crippen LogP contribution is -2.42. The number of carbonyl (C=O) groups is 1. The van der Waals surface area contributed by atoms with Crippen LogP contribution < -0.4 is 15.0 Å². The van der Waals surface area contributed by atoms with Crippen molar-refractivity contribution >= 4 is 11.4 Å². The zero-order valence-electron chi connectivity index (χ0n) is 20.6. The zero-order valence-corrected chi connectivity index (χ0v) is 20.6. The molecule has 0 spiro atoms. The third-order valence-electron chi connectivity index (χ3n) is 6.92. The Morgan fingerprint density at radius 3 is 2.44 bits per heavy atom. The summed E-state index contributed by atoms with van der Waals surface area (Å²) in [6.45, 7) is 1.47. The maximum absolute atomic E-state index is 13.2. The topological polar surface area (TPSA) is 78.1 Å². The van der Waals surface area contributed by atoms with Crippen molar-refractivity contribution < 1.29 is 14.3 Å². The van der Waals surface area contributed by atoms with Crippen LogP contribution in [0, 0.1) is 5.92 Å². The molecule has 4 aromatic rings. The molecule has 8 heteroatoms. The zero-order chi connectivity index (χ0) is 25.1. The summed E-state index contributed by atoms with van der Waals surface area (Å²) in [5.41, 5.74) is 2.95. The van der Waals surface area contributed by atoms with E-state index in [1.54, 1.807) is 43.3 Å². The molecule has 0 radical (unpaired) electrons. The van der Waals surface area contributed by atoms with Gasteiger partial charge in [-0.25, -0.2) is 4.52 Å². The summed E-state index contributed by atoms with van der Waals surface area (Å²) in [6, 6.07) is 17.7. The van der Waals surface area contributed by atoms with Crippen molar-refractivity contribution in [3.8, 4) is 22.8 Å². The lowest BCUT2D eigenvalue weighted by Gasteiger charge is -2.32. The highest BCUT2D eigenvalue weighted by molar-refractivity contribution is 5.76. The molecule has 1 saturated heterocycles.